The molecule has 0 spiro atoms. The fraction of sp³-hybridized carbons (Fsp3) is 0.263. The van der Waals surface area contributed by atoms with Crippen molar-refractivity contribution in [2.75, 3.05) is 19.5 Å². The molecule has 0 amide bonds. The Hall–Kier alpha value is -2.06. The van der Waals surface area contributed by atoms with Crippen LogP contribution in [0.2, 0.25) is 0 Å². The molecule has 0 unspecified atom stereocenters. The summed E-state index contributed by atoms with van der Waals surface area (Å²) in [7, 11) is 0. The molecular weight excluding hydrogens is 482 g/mol. The molecule has 0 aliphatic heterocycles. The monoisotopic (exact) mass is 503 g/mol. The Kier molecular flexibility index (Phi) is 16.6. The number of nitro groups is 2. The number of nitrogens with zero attached hydrogens (tertiary/aromatic N) is 2. The van der Waals surface area contributed by atoms with Crippen molar-refractivity contribution in [2.24, 2.45) is 0 Å². The molecule has 0 fully saturated rings. The summed E-state index contributed by atoms with van der Waals surface area (Å²) in [5, 5.41) is 21.3. The summed E-state index contributed by atoms with van der Waals surface area (Å²) in [6.45, 7) is 3.83. The summed E-state index contributed by atoms with van der Waals surface area (Å²) >= 11 is 5.18. The van der Waals surface area contributed by atoms with Gasteiger partial charge in [-0.2, -0.15) is 0 Å². The molecule has 0 saturated carbocycles. The zero-order chi connectivity index (χ0) is 23.6. The molecule has 0 aliphatic rings. The van der Waals surface area contributed by atoms with E-state index in [4.69, 9.17) is 9.47 Å². The predicted molar refractivity (Wildman–Crippen MR) is 124 cm³/mol. The maximum absolute atomic E-state index is 11.4. The molecule has 2 rings (SSSR count). The number of esters is 2. The third kappa shape index (κ3) is 10.2. The first-order chi connectivity index (χ1) is 14.7. The SMILES string of the molecule is CCOC(=O)c1ccc(S)c([N+](=O)[O-])c1.CCOC(=O)c1ccc(SC)c([N+](=O)[O-])c1.[B].[H-].[Na+]. The van der Waals surface area contributed by atoms with Gasteiger partial charge in [-0.1, -0.05) is 0 Å². The smallest absolute Gasteiger partial charge is 1.00 e. The first kappa shape index (κ1) is 33.1. The van der Waals surface area contributed by atoms with Crippen molar-refractivity contribution in [1.82, 2.24) is 0 Å². The Morgan fingerprint density at radius 2 is 1.36 bits per heavy atom. The number of hydrogen-bond acceptors (Lipinski definition) is 10. The maximum Gasteiger partial charge on any atom is 1.00 e. The van der Waals surface area contributed by atoms with Crippen LogP contribution in [0.5, 0.6) is 0 Å². The molecule has 0 heterocycles. The molecule has 0 aliphatic carbocycles. The molecule has 14 heteroatoms. The van der Waals surface area contributed by atoms with Gasteiger partial charge in [-0.25, -0.2) is 9.59 Å². The quantitative estimate of drug-likeness (QED) is 0.148. The van der Waals surface area contributed by atoms with Gasteiger partial charge in [0, 0.05) is 20.5 Å². The standard InChI is InChI=1S/C10H11NO4S.C9H9NO4S.B.Na.H/c1-3-15-10(12)7-4-5-9(16-2)8(6-7)11(13)14;1-2-14-9(11)6-3-4-8(15)7(5-6)10(12)13;;;/h4-6H,3H2,1-2H3;3-5,15H,2H2,1H3;;;/q;;;+1;-1. The van der Waals surface area contributed by atoms with Gasteiger partial charge in [0.1, 0.15) is 0 Å². The molecule has 0 saturated heterocycles. The number of hydrogen-bond donors (Lipinski definition) is 1. The summed E-state index contributed by atoms with van der Waals surface area (Å²) in [5.41, 5.74) is 0.0784. The van der Waals surface area contributed by atoms with Gasteiger partial charge >= 0.3 is 41.5 Å². The van der Waals surface area contributed by atoms with Gasteiger partial charge < -0.3 is 10.9 Å². The molecule has 2 aromatic carbocycles. The van der Waals surface area contributed by atoms with E-state index >= 15 is 0 Å². The normalized spacial score (nSPS) is 9.21. The number of rotatable bonds is 7. The molecule has 10 nitrogen and oxygen atoms in total. The van der Waals surface area contributed by atoms with E-state index in [9.17, 15) is 29.8 Å². The summed E-state index contributed by atoms with van der Waals surface area (Å²) in [6, 6.07) is 8.30. The number of thiol groups is 1. The van der Waals surface area contributed by atoms with E-state index in [0.29, 0.717) is 4.90 Å². The molecule has 2 aromatic rings. The van der Waals surface area contributed by atoms with Gasteiger partial charge in [-0.05, 0) is 44.4 Å². The van der Waals surface area contributed by atoms with Gasteiger partial charge in [0.2, 0.25) is 0 Å². The minimum atomic E-state index is -0.592. The zero-order valence-electron chi connectivity index (χ0n) is 19.5. The first-order valence-corrected chi connectivity index (χ1v) is 10.5. The Labute approximate surface area is 225 Å². The fourth-order valence-electron chi connectivity index (χ4n) is 2.19. The van der Waals surface area contributed by atoms with Crippen LogP contribution in [0.1, 0.15) is 36.0 Å². The van der Waals surface area contributed by atoms with Crippen LogP contribution in [0.4, 0.5) is 11.4 Å². The molecular formula is C19H21BN2NaO8S2. The van der Waals surface area contributed by atoms with E-state index in [1.807, 2.05) is 0 Å². The molecule has 0 bridgehead atoms. The molecule has 0 atom stereocenters. The minimum absolute atomic E-state index is 0. The second-order valence-corrected chi connectivity index (χ2v) is 6.88. The number of carbonyl (C=O) groups excluding carboxylic acids is 2. The summed E-state index contributed by atoms with van der Waals surface area (Å²) in [6.07, 6.45) is 1.74. The fourth-order valence-corrected chi connectivity index (χ4v) is 2.95. The minimum Gasteiger partial charge on any atom is -1.00 e. The average molecular weight is 503 g/mol. The van der Waals surface area contributed by atoms with Crippen molar-refractivity contribution in [1.29, 1.82) is 0 Å². The molecule has 171 valence electrons. The summed E-state index contributed by atoms with van der Waals surface area (Å²) in [5.74, 6) is -1.12. The van der Waals surface area contributed by atoms with Crippen molar-refractivity contribution in [3.05, 3.63) is 67.8 Å². The first-order valence-electron chi connectivity index (χ1n) is 8.80. The van der Waals surface area contributed by atoms with E-state index in [1.165, 1.54) is 36.0 Å². The van der Waals surface area contributed by atoms with Gasteiger partial charge in [0.15, 0.2) is 0 Å². The topological polar surface area (TPSA) is 139 Å². The van der Waals surface area contributed by atoms with Crippen LogP contribution in [0.25, 0.3) is 0 Å². The van der Waals surface area contributed by atoms with Gasteiger partial charge in [-0.15, -0.1) is 24.4 Å². The molecule has 33 heavy (non-hydrogen) atoms. The second-order valence-electron chi connectivity index (χ2n) is 5.55. The van der Waals surface area contributed by atoms with Crippen LogP contribution >= 0.6 is 24.4 Å². The van der Waals surface area contributed by atoms with E-state index < -0.39 is 21.8 Å². The number of ether oxygens (including phenoxy) is 2. The van der Waals surface area contributed by atoms with Crippen LogP contribution in [-0.4, -0.2) is 49.7 Å². The van der Waals surface area contributed by atoms with Crippen LogP contribution in [-0.2, 0) is 9.47 Å². The maximum atomic E-state index is 11.4. The Morgan fingerprint density at radius 3 is 1.76 bits per heavy atom. The van der Waals surface area contributed by atoms with Crippen LogP contribution < -0.4 is 29.6 Å². The van der Waals surface area contributed by atoms with Crippen molar-refractivity contribution in [2.45, 2.75) is 23.6 Å². The van der Waals surface area contributed by atoms with Crippen molar-refractivity contribution < 1.29 is 59.9 Å². The Balaban J connectivity index is -0.000000520. The van der Waals surface area contributed by atoms with Gasteiger partial charge in [0.25, 0.3) is 11.4 Å². The number of thioether (sulfide) groups is 1. The van der Waals surface area contributed by atoms with E-state index in [1.54, 1.807) is 26.2 Å². The van der Waals surface area contributed by atoms with E-state index in [-0.39, 0.29) is 80.0 Å². The van der Waals surface area contributed by atoms with Crippen molar-refractivity contribution in [3.8, 4) is 0 Å². The third-order valence-corrected chi connectivity index (χ3v) is 4.73. The van der Waals surface area contributed by atoms with Crippen LogP contribution in [0.15, 0.2) is 46.2 Å². The summed E-state index contributed by atoms with van der Waals surface area (Å²) in [4.78, 5) is 43.6. The molecule has 0 aromatic heterocycles. The van der Waals surface area contributed by atoms with Crippen molar-refractivity contribution >= 4 is 56.1 Å². The Bertz CT molecular complexity index is 1000. The zero-order valence-corrected chi connectivity index (χ0v) is 22.2. The third-order valence-electron chi connectivity index (χ3n) is 3.57. The second kappa shape index (κ2) is 16.5. The summed E-state index contributed by atoms with van der Waals surface area (Å²) < 4.78 is 9.48. The average Bonchev–Trinajstić information content (AvgIpc) is 2.74. The number of carbonyl (C=O) groups is 2. The van der Waals surface area contributed by atoms with Crippen LogP contribution in [0.3, 0.4) is 0 Å². The number of nitro benzene ring substituents is 2. The van der Waals surface area contributed by atoms with E-state index in [2.05, 4.69) is 12.6 Å². The van der Waals surface area contributed by atoms with E-state index in [0.717, 1.165) is 6.07 Å². The molecule has 0 N–H and O–H groups in total. The molecule has 3 radical (unpaired) electrons. The number of benzene rings is 2. The predicted octanol–water partition coefficient (Wildman–Crippen LogP) is 1.29. The van der Waals surface area contributed by atoms with Gasteiger partial charge in [0.05, 0.1) is 44.0 Å². The largest absolute Gasteiger partial charge is 1.00 e. The van der Waals surface area contributed by atoms with Crippen LogP contribution in [0, 0.1) is 20.2 Å². The van der Waals surface area contributed by atoms with Gasteiger partial charge in [-0.3, -0.25) is 20.2 Å². The van der Waals surface area contributed by atoms with Crippen molar-refractivity contribution in [3.63, 3.8) is 0 Å². The Morgan fingerprint density at radius 1 is 0.939 bits per heavy atom.